The summed E-state index contributed by atoms with van der Waals surface area (Å²) >= 11 is 0. The number of hydrogen-bond acceptors (Lipinski definition) is 4. The summed E-state index contributed by atoms with van der Waals surface area (Å²) in [7, 11) is -3.83. The first-order chi connectivity index (χ1) is 9.99. The van der Waals surface area contributed by atoms with Gasteiger partial charge in [-0.1, -0.05) is 44.4 Å². The Labute approximate surface area is 126 Å². The molecule has 2 unspecified atom stereocenters. The molecule has 2 rings (SSSR count). The summed E-state index contributed by atoms with van der Waals surface area (Å²) in [4.78, 5) is 12.0. The molecule has 4 nitrogen and oxygen atoms in total. The number of ketones is 1. The van der Waals surface area contributed by atoms with Crippen molar-refractivity contribution in [2.75, 3.05) is 6.61 Å². The highest BCUT2D eigenvalue weighted by Crippen LogP contribution is 2.32. The molecule has 1 aliphatic rings. The van der Waals surface area contributed by atoms with Crippen LogP contribution in [0, 0.1) is 11.8 Å². The van der Waals surface area contributed by atoms with E-state index < -0.39 is 10.1 Å². The van der Waals surface area contributed by atoms with E-state index in [1.54, 1.807) is 18.2 Å². The number of rotatable bonds is 6. The minimum Gasteiger partial charge on any atom is -0.297 e. The van der Waals surface area contributed by atoms with Crippen LogP contribution >= 0.6 is 0 Å². The fourth-order valence-corrected chi connectivity index (χ4v) is 3.76. The molecule has 0 saturated heterocycles. The van der Waals surface area contributed by atoms with Gasteiger partial charge in [0.25, 0.3) is 10.1 Å². The predicted octanol–water partition coefficient (Wildman–Crippen LogP) is 3.18. The molecule has 0 radical (unpaired) electrons. The first-order valence-corrected chi connectivity index (χ1v) is 8.86. The molecule has 1 saturated carbocycles. The van der Waals surface area contributed by atoms with Crippen molar-refractivity contribution in [3.8, 4) is 0 Å². The van der Waals surface area contributed by atoms with Crippen LogP contribution in [-0.2, 0) is 19.1 Å². The molecule has 0 heterocycles. The second-order valence-corrected chi connectivity index (χ2v) is 7.41. The third-order valence-electron chi connectivity index (χ3n) is 4.19. The zero-order chi connectivity index (χ0) is 15.3. The SMILES string of the molecule is CC1CCCCC1CC(=O)COS(=O)(=O)c1ccccc1. The Morgan fingerprint density at radius 1 is 1.19 bits per heavy atom. The van der Waals surface area contributed by atoms with Gasteiger partial charge in [0.1, 0.15) is 6.61 Å². The van der Waals surface area contributed by atoms with E-state index in [2.05, 4.69) is 6.92 Å². The van der Waals surface area contributed by atoms with Gasteiger partial charge in [0, 0.05) is 6.42 Å². The third kappa shape index (κ3) is 4.64. The van der Waals surface area contributed by atoms with Gasteiger partial charge in [-0.05, 0) is 30.4 Å². The van der Waals surface area contributed by atoms with Crippen LogP contribution in [0.4, 0.5) is 0 Å². The largest absolute Gasteiger partial charge is 0.297 e. The van der Waals surface area contributed by atoms with Crippen molar-refractivity contribution >= 4 is 15.9 Å². The highest BCUT2D eigenvalue weighted by Gasteiger charge is 2.24. The zero-order valence-corrected chi connectivity index (χ0v) is 13.1. The number of carbonyl (C=O) groups is 1. The van der Waals surface area contributed by atoms with Crippen molar-refractivity contribution < 1.29 is 17.4 Å². The number of carbonyl (C=O) groups excluding carboxylic acids is 1. The second-order valence-electron chi connectivity index (χ2n) is 5.79. The molecule has 0 bridgehead atoms. The predicted molar refractivity (Wildman–Crippen MR) is 80.3 cm³/mol. The van der Waals surface area contributed by atoms with Crippen molar-refractivity contribution in [3.05, 3.63) is 30.3 Å². The van der Waals surface area contributed by atoms with Gasteiger partial charge in [-0.3, -0.25) is 8.98 Å². The molecule has 2 atom stereocenters. The summed E-state index contributed by atoms with van der Waals surface area (Å²) in [6, 6.07) is 7.91. The number of benzene rings is 1. The van der Waals surface area contributed by atoms with Crippen LogP contribution in [0.3, 0.4) is 0 Å². The van der Waals surface area contributed by atoms with Gasteiger partial charge in [0.15, 0.2) is 5.78 Å². The lowest BCUT2D eigenvalue weighted by Gasteiger charge is -2.28. The monoisotopic (exact) mass is 310 g/mol. The Balaban J connectivity index is 1.86. The highest BCUT2D eigenvalue weighted by atomic mass is 32.2. The highest BCUT2D eigenvalue weighted by molar-refractivity contribution is 7.86. The summed E-state index contributed by atoms with van der Waals surface area (Å²) < 4.78 is 28.7. The van der Waals surface area contributed by atoms with Gasteiger partial charge >= 0.3 is 0 Å². The Morgan fingerprint density at radius 3 is 2.52 bits per heavy atom. The van der Waals surface area contributed by atoms with Gasteiger partial charge in [-0.25, -0.2) is 0 Å². The Morgan fingerprint density at radius 2 is 1.86 bits per heavy atom. The molecule has 1 fully saturated rings. The van der Waals surface area contributed by atoms with Crippen molar-refractivity contribution in [1.29, 1.82) is 0 Å². The van der Waals surface area contributed by atoms with Crippen LogP contribution in [0.2, 0.25) is 0 Å². The van der Waals surface area contributed by atoms with Crippen LogP contribution in [0.1, 0.15) is 39.0 Å². The molecule has 0 amide bonds. The lowest BCUT2D eigenvalue weighted by atomic mass is 9.78. The number of hydrogen-bond donors (Lipinski definition) is 0. The van der Waals surface area contributed by atoms with Gasteiger partial charge in [-0.15, -0.1) is 0 Å². The standard InChI is InChI=1S/C16H22O4S/c1-13-7-5-6-8-14(13)11-15(17)12-20-21(18,19)16-9-3-2-4-10-16/h2-4,9-10,13-14H,5-8,11-12H2,1H3. The van der Waals surface area contributed by atoms with Crippen molar-refractivity contribution in [1.82, 2.24) is 0 Å². The zero-order valence-electron chi connectivity index (χ0n) is 12.3. The summed E-state index contributed by atoms with van der Waals surface area (Å²) in [6.45, 7) is 1.80. The maximum Gasteiger partial charge on any atom is 0.297 e. The normalized spacial score (nSPS) is 22.9. The lowest BCUT2D eigenvalue weighted by molar-refractivity contribution is -0.122. The summed E-state index contributed by atoms with van der Waals surface area (Å²) in [5, 5.41) is 0. The molecule has 116 valence electrons. The van der Waals surface area contributed by atoms with E-state index in [1.165, 1.54) is 18.6 Å². The van der Waals surface area contributed by atoms with Crippen LogP contribution in [0.25, 0.3) is 0 Å². The minimum absolute atomic E-state index is 0.0869. The van der Waals surface area contributed by atoms with E-state index in [4.69, 9.17) is 4.18 Å². The molecule has 1 aromatic rings. The van der Waals surface area contributed by atoms with Crippen LogP contribution in [0.5, 0.6) is 0 Å². The second kappa shape index (κ2) is 7.18. The molecule has 0 spiro atoms. The van der Waals surface area contributed by atoms with Crippen molar-refractivity contribution in [2.45, 2.75) is 43.9 Å². The van der Waals surface area contributed by atoms with E-state index >= 15 is 0 Å². The third-order valence-corrected chi connectivity index (χ3v) is 5.46. The topological polar surface area (TPSA) is 60.4 Å². The van der Waals surface area contributed by atoms with E-state index in [-0.39, 0.29) is 17.3 Å². The molecule has 21 heavy (non-hydrogen) atoms. The van der Waals surface area contributed by atoms with Crippen molar-refractivity contribution in [2.24, 2.45) is 11.8 Å². The number of Topliss-reactive ketones (excluding diaryl/α,β-unsaturated/α-hetero) is 1. The molecule has 5 heteroatoms. The van der Waals surface area contributed by atoms with Crippen molar-refractivity contribution in [3.63, 3.8) is 0 Å². The molecule has 1 aromatic carbocycles. The van der Waals surface area contributed by atoms with E-state index in [0.29, 0.717) is 18.3 Å². The Kier molecular flexibility index (Phi) is 5.53. The lowest BCUT2D eigenvalue weighted by Crippen LogP contribution is -2.23. The fraction of sp³-hybridized carbons (Fsp3) is 0.562. The summed E-state index contributed by atoms with van der Waals surface area (Å²) in [6.07, 6.45) is 5.02. The quantitative estimate of drug-likeness (QED) is 0.757. The Bertz CT molecular complexity index is 565. The first-order valence-electron chi connectivity index (χ1n) is 7.45. The van der Waals surface area contributed by atoms with Gasteiger partial charge in [0.05, 0.1) is 4.90 Å². The van der Waals surface area contributed by atoms with Gasteiger partial charge < -0.3 is 0 Å². The average molecular weight is 310 g/mol. The maximum atomic E-state index is 11.9. The smallest absolute Gasteiger partial charge is 0.297 e. The minimum atomic E-state index is -3.83. The van der Waals surface area contributed by atoms with E-state index in [0.717, 1.165) is 19.3 Å². The fourth-order valence-electron chi connectivity index (χ4n) is 2.85. The molecular formula is C16H22O4S. The molecule has 0 aliphatic heterocycles. The van der Waals surface area contributed by atoms with E-state index in [9.17, 15) is 13.2 Å². The molecule has 0 N–H and O–H groups in total. The average Bonchev–Trinajstić information content (AvgIpc) is 2.49. The maximum absolute atomic E-state index is 11.9. The van der Waals surface area contributed by atoms with Gasteiger partial charge in [0.2, 0.25) is 0 Å². The molecule has 1 aliphatic carbocycles. The van der Waals surface area contributed by atoms with Crippen LogP contribution in [0.15, 0.2) is 35.2 Å². The summed E-state index contributed by atoms with van der Waals surface area (Å²) in [5.74, 6) is 0.774. The van der Waals surface area contributed by atoms with Gasteiger partial charge in [-0.2, -0.15) is 8.42 Å². The summed E-state index contributed by atoms with van der Waals surface area (Å²) in [5.41, 5.74) is 0. The van der Waals surface area contributed by atoms with Crippen LogP contribution in [-0.4, -0.2) is 20.8 Å². The molecule has 0 aromatic heterocycles. The molecular weight excluding hydrogens is 288 g/mol. The van der Waals surface area contributed by atoms with Crippen LogP contribution < -0.4 is 0 Å². The first kappa shape index (κ1) is 16.2. The Hall–Kier alpha value is -1.20. The van der Waals surface area contributed by atoms with E-state index in [1.807, 2.05) is 0 Å².